The van der Waals surface area contributed by atoms with E-state index in [0.717, 1.165) is 0 Å². The molecule has 0 unspecified atom stereocenters. The van der Waals surface area contributed by atoms with Gasteiger partial charge in [0.1, 0.15) is 0 Å². The molecule has 0 aliphatic heterocycles. The Bertz CT molecular complexity index is 242. The molecule has 1 heterocycles. The highest BCUT2D eigenvalue weighted by molar-refractivity contribution is 6.30. The summed E-state index contributed by atoms with van der Waals surface area (Å²) in [6, 6.07) is 3.49. The van der Waals surface area contributed by atoms with Gasteiger partial charge in [-0.3, -0.25) is 0 Å². The van der Waals surface area contributed by atoms with Crippen LogP contribution in [0.3, 0.4) is 0 Å². The Labute approximate surface area is 76.0 Å². The van der Waals surface area contributed by atoms with Crippen molar-refractivity contribution in [3.63, 3.8) is 0 Å². The molecule has 12 heavy (non-hydrogen) atoms. The number of ether oxygens (including phenoxy) is 1. The molecule has 0 spiro atoms. The lowest BCUT2D eigenvalue weighted by molar-refractivity contribution is 0.233. The van der Waals surface area contributed by atoms with Gasteiger partial charge in [0.05, 0.1) is 6.61 Å². The first-order valence-corrected chi connectivity index (χ1v) is 4.06. The fourth-order valence-corrected chi connectivity index (χ4v) is 0.900. The van der Waals surface area contributed by atoms with E-state index in [4.69, 9.17) is 21.4 Å². The minimum Gasteiger partial charge on any atom is -0.490 e. The standard InChI is InChI=1S/C8H10ClNO2/c9-8-7(3-1-4-10-8)12-6-2-5-11/h1,3-4,11H,2,5-6H2. The highest BCUT2D eigenvalue weighted by Crippen LogP contribution is 2.19. The minimum atomic E-state index is 0.123. The summed E-state index contributed by atoms with van der Waals surface area (Å²) in [5, 5.41) is 8.84. The van der Waals surface area contributed by atoms with Gasteiger partial charge in [-0.1, -0.05) is 11.6 Å². The van der Waals surface area contributed by atoms with Gasteiger partial charge in [0, 0.05) is 19.2 Å². The van der Waals surface area contributed by atoms with E-state index in [1.54, 1.807) is 18.3 Å². The lowest BCUT2D eigenvalue weighted by atomic mass is 10.4. The second-order valence-corrected chi connectivity index (χ2v) is 2.58. The molecule has 3 nitrogen and oxygen atoms in total. The Morgan fingerprint density at radius 2 is 2.42 bits per heavy atom. The molecule has 0 radical (unpaired) electrons. The van der Waals surface area contributed by atoms with Crippen molar-refractivity contribution in [3.8, 4) is 5.75 Å². The predicted molar refractivity (Wildman–Crippen MR) is 46.4 cm³/mol. The van der Waals surface area contributed by atoms with Gasteiger partial charge in [-0.15, -0.1) is 0 Å². The molecule has 0 aliphatic rings. The first-order chi connectivity index (χ1) is 5.84. The van der Waals surface area contributed by atoms with E-state index >= 15 is 0 Å². The van der Waals surface area contributed by atoms with Gasteiger partial charge >= 0.3 is 0 Å². The fourth-order valence-electron chi connectivity index (χ4n) is 0.726. The number of aliphatic hydroxyl groups is 1. The Hall–Kier alpha value is -0.800. The molecule has 0 saturated carbocycles. The van der Waals surface area contributed by atoms with Crippen molar-refractivity contribution in [1.82, 2.24) is 4.98 Å². The first-order valence-electron chi connectivity index (χ1n) is 3.69. The zero-order valence-corrected chi connectivity index (χ0v) is 7.29. The Balaban J connectivity index is 2.46. The number of aromatic nitrogens is 1. The number of rotatable bonds is 4. The van der Waals surface area contributed by atoms with Gasteiger partial charge in [-0.05, 0) is 12.1 Å². The molecule has 0 aromatic carbocycles. The summed E-state index contributed by atoms with van der Waals surface area (Å²) in [6.45, 7) is 0.583. The maximum absolute atomic E-state index is 8.48. The van der Waals surface area contributed by atoms with Crippen molar-refractivity contribution in [2.75, 3.05) is 13.2 Å². The second kappa shape index (κ2) is 4.95. The van der Waals surface area contributed by atoms with Crippen molar-refractivity contribution >= 4 is 11.6 Å². The van der Waals surface area contributed by atoms with Crippen LogP contribution in [0.25, 0.3) is 0 Å². The van der Waals surface area contributed by atoms with E-state index in [0.29, 0.717) is 23.9 Å². The van der Waals surface area contributed by atoms with Crippen molar-refractivity contribution in [1.29, 1.82) is 0 Å². The van der Waals surface area contributed by atoms with E-state index in [2.05, 4.69) is 4.98 Å². The molecule has 0 amide bonds. The van der Waals surface area contributed by atoms with Gasteiger partial charge in [0.15, 0.2) is 10.9 Å². The predicted octanol–water partition coefficient (Wildman–Crippen LogP) is 1.50. The summed E-state index contributed by atoms with van der Waals surface area (Å²) in [4.78, 5) is 3.84. The van der Waals surface area contributed by atoms with Crippen LogP contribution in [-0.4, -0.2) is 23.3 Å². The molecule has 1 aromatic rings. The number of halogens is 1. The van der Waals surface area contributed by atoms with Crippen molar-refractivity contribution < 1.29 is 9.84 Å². The summed E-state index contributed by atoms with van der Waals surface area (Å²) in [5.74, 6) is 0.563. The molecule has 1 N–H and O–H groups in total. The maximum Gasteiger partial charge on any atom is 0.171 e. The van der Waals surface area contributed by atoms with Crippen molar-refractivity contribution in [2.45, 2.75) is 6.42 Å². The third-order valence-electron chi connectivity index (χ3n) is 1.28. The maximum atomic E-state index is 8.48. The Morgan fingerprint density at radius 3 is 3.08 bits per heavy atom. The highest BCUT2D eigenvalue weighted by atomic mass is 35.5. The van der Waals surface area contributed by atoms with E-state index in [1.807, 2.05) is 0 Å². The fraction of sp³-hybridized carbons (Fsp3) is 0.375. The summed E-state index contributed by atoms with van der Waals surface area (Å²) >= 11 is 5.70. The zero-order valence-electron chi connectivity index (χ0n) is 6.53. The molecule has 4 heteroatoms. The number of hydrogen-bond donors (Lipinski definition) is 1. The SMILES string of the molecule is OCCCOc1cccnc1Cl. The van der Waals surface area contributed by atoms with Crippen LogP contribution in [0.15, 0.2) is 18.3 Å². The monoisotopic (exact) mass is 187 g/mol. The largest absolute Gasteiger partial charge is 0.490 e. The molecular weight excluding hydrogens is 178 g/mol. The topological polar surface area (TPSA) is 42.4 Å². The van der Waals surface area contributed by atoms with Crippen LogP contribution in [0.5, 0.6) is 5.75 Å². The van der Waals surface area contributed by atoms with Crippen LogP contribution >= 0.6 is 11.6 Å². The van der Waals surface area contributed by atoms with Gasteiger partial charge in [-0.25, -0.2) is 4.98 Å². The second-order valence-electron chi connectivity index (χ2n) is 2.22. The molecule has 1 rings (SSSR count). The summed E-state index contributed by atoms with van der Waals surface area (Å²) in [5.41, 5.74) is 0. The van der Waals surface area contributed by atoms with Crippen LogP contribution in [0, 0.1) is 0 Å². The molecule has 1 aromatic heterocycles. The van der Waals surface area contributed by atoms with E-state index in [9.17, 15) is 0 Å². The average molecular weight is 188 g/mol. The molecule has 0 atom stereocenters. The molecular formula is C8H10ClNO2. The molecule has 0 fully saturated rings. The van der Waals surface area contributed by atoms with E-state index < -0.39 is 0 Å². The van der Waals surface area contributed by atoms with E-state index in [1.165, 1.54) is 0 Å². The number of nitrogens with zero attached hydrogens (tertiary/aromatic N) is 1. The third-order valence-corrected chi connectivity index (χ3v) is 1.57. The summed E-state index contributed by atoms with van der Waals surface area (Å²) in [6.07, 6.45) is 2.20. The molecule has 0 aliphatic carbocycles. The number of hydrogen-bond acceptors (Lipinski definition) is 3. The van der Waals surface area contributed by atoms with Gasteiger partial charge in [0.2, 0.25) is 0 Å². The summed E-state index contributed by atoms with van der Waals surface area (Å²) in [7, 11) is 0. The highest BCUT2D eigenvalue weighted by Gasteiger charge is 1.99. The molecule has 0 saturated heterocycles. The lowest BCUT2D eigenvalue weighted by Crippen LogP contribution is -2.00. The number of aliphatic hydroxyl groups excluding tert-OH is 1. The van der Waals surface area contributed by atoms with Gasteiger partial charge in [0.25, 0.3) is 0 Å². The van der Waals surface area contributed by atoms with Crippen molar-refractivity contribution in [3.05, 3.63) is 23.5 Å². The Kier molecular flexibility index (Phi) is 3.84. The van der Waals surface area contributed by atoms with Crippen LogP contribution in [0.1, 0.15) is 6.42 Å². The van der Waals surface area contributed by atoms with E-state index in [-0.39, 0.29) is 6.61 Å². The summed E-state index contributed by atoms with van der Waals surface area (Å²) < 4.78 is 5.22. The average Bonchev–Trinajstić information content (AvgIpc) is 2.09. The smallest absolute Gasteiger partial charge is 0.171 e. The minimum absolute atomic E-state index is 0.123. The number of pyridine rings is 1. The van der Waals surface area contributed by atoms with Gasteiger partial charge in [-0.2, -0.15) is 0 Å². The third kappa shape index (κ3) is 2.68. The van der Waals surface area contributed by atoms with Crippen LogP contribution in [0.2, 0.25) is 5.15 Å². The lowest BCUT2D eigenvalue weighted by Gasteiger charge is -2.04. The van der Waals surface area contributed by atoms with Crippen LogP contribution in [0.4, 0.5) is 0 Å². The zero-order chi connectivity index (χ0) is 8.81. The van der Waals surface area contributed by atoms with Crippen LogP contribution < -0.4 is 4.74 Å². The quantitative estimate of drug-likeness (QED) is 0.574. The Morgan fingerprint density at radius 1 is 1.58 bits per heavy atom. The molecule has 66 valence electrons. The van der Waals surface area contributed by atoms with Crippen molar-refractivity contribution in [2.24, 2.45) is 0 Å². The van der Waals surface area contributed by atoms with Gasteiger partial charge < -0.3 is 9.84 Å². The normalized spacial score (nSPS) is 9.83. The van der Waals surface area contributed by atoms with Crippen LogP contribution in [-0.2, 0) is 0 Å². The first kappa shape index (κ1) is 9.29. The molecule has 0 bridgehead atoms.